The van der Waals surface area contributed by atoms with Crippen molar-refractivity contribution in [3.8, 4) is 11.1 Å². The SMILES string of the molecule is C=C[C@@H]1C[C@@H](NC(=O)OCC2c3ccccc3-c3ccccc32)CCO1. The fourth-order valence-corrected chi connectivity index (χ4v) is 3.93. The lowest BCUT2D eigenvalue weighted by molar-refractivity contribution is 0.0295. The van der Waals surface area contributed by atoms with E-state index in [1.807, 2.05) is 24.3 Å². The average Bonchev–Trinajstić information content (AvgIpc) is 3.00. The first kappa shape index (κ1) is 16.9. The molecule has 2 aromatic rings. The van der Waals surface area contributed by atoms with Gasteiger partial charge in [-0.25, -0.2) is 4.79 Å². The van der Waals surface area contributed by atoms with Crippen LogP contribution in [-0.4, -0.2) is 31.5 Å². The second-order valence-electron chi connectivity index (χ2n) is 6.84. The second-order valence-corrected chi connectivity index (χ2v) is 6.84. The van der Waals surface area contributed by atoms with Gasteiger partial charge in [0.1, 0.15) is 6.61 Å². The number of amides is 1. The quantitative estimate of drug-likeness (QED) is 0.839. The lowest BCUT2D eigenvalue weighted by Crippen LogP contribution is -2.42. The molecule has 1 aliphatic carbocycles. The van der Waals surface area contributed by atoms with E-state index in [4.69, 9.17) is 9.47 Å². The summed E-state index contributed by atoms with van der Waals surface area (Å²) in [6, 6.07) is 16.7. The van der Waals surface area contributed by atoms with Crippen LogP contribution in [0, 0.1) is 0 Å². The number of ether oxygens (including phenoxy) is 2. The molecule has 2 aromatic carbocycles. The molecular formula is C22H23NO3. The van der Waals surface area contributed by atoms with Crippen molar-refractivity contribution in [2.45, 2.75) is 30.9 Å². The first-order valence-corrected chi connectivity index (χ1v) is 9.12. The molecule has 2 aliphatic rings. The lowest BCUT2D eigenvalue weighted by atomic mass is 9.98. The molecule has 4 rings (SSSR count). The van der Waals surface area contributed by atoms with Crippen molar-refractivity contribution in [2.24, 2.45) is 0 Å². The summed E-state index contributed by atoms with van der Waals surface area (Å²) in [5, 5.41) is 2.97. The molecule has 0 unspecified atom stereocenters. The van der Waals surface area contributed by atoms with E-state index >= 15 is 0 Å². The Balaban J connectivity index is 1.42. The van der Waals surface area contributed by atoms with Crippen LogP contribution < -0.4 is 5.32 Å². The molecule has 1 heterocycles. The maximum Gasteiger partial charge on any atom is 0.407 e. The van der Waals surface area contributed by atoms with Crippen LogP contribution in [0.2, 0.25) is 0 Å². The van der Waals surface area contributed by atoms with Crippen LogP contribution in [0.4, 0.5) is 4.79 Å². The van der Waals surface area contributed by atoms with Crippen LogP contribution in [0.3, 0.4) is 0 Å². The highest BCUT2D eigenvalue weighted by Crippen LogP contribution is 2.44. The number of hydrogen-bond donors (Lipinski definition) is 1. The van der Waals surface area contributed by atoms with Gasteiger partial charge < -0.3 is 14.8 Å². The van der Waals surface area contributed by atoms with Gasteiger partial charge >= 0.3 is 6.09 Å². The third kappa shape index (κ3) is 3.25. The zero-order valence-corrected chi connectivity index (χ0v) is 14.7. The predicted octanol–water partition coefficient (Wildman–Crippen LogP) is 4.26. The van der Waals surface area contributed by atoms with E-state index in [9.17, 15) is 4.79 Å². The molecule has 134 valence electrons. The smallest absolute Gasteiger partial charge is 0.407 e. The van der Waals surface area contributed by atoms with E-state index in [1.54, 1.807) is 6.08 Å². The molecule has 0 bridgehead atoms. The Morgan fingerprint density at radius 2 is 1.81 bits per heavy atom. The van der Waals surface area contributed by atoms with Crippen LogP contribution in [-0.2, 0) is 9.47 Å². The highest BCUT2D eigenvalue weighted by atomic mass is 16.5. The van der Waals surface area contributed by atoms with Gasteiger partial charge in [0.2, 0.25) is 0 Å². The van der Waals surface area contributed by atoms with Crippen molar-refractivity contribution in [2.75, 3.05) is 13.2 Å². The summed E-state index contributed by atoms with van der Waals surface area (Å²) in [7, 11) is 0. The van der Waals surface area contributed by atoms with Gasteiger partial charge in [-0.2, -0.15) is 0 Å². The van der Waals surface area contributed by atoms with Gasteiger partial charge in [-0.1, -0.05) is 54.6 Å². The summed E-state index contributed by atoms with van der Waals surface area (Å²) < 4.78 is 11.1. The number of fused-ring (bicyclic) bond motifs is 3. The Morgan fingerprint density at radius 1 is 1.15 bits per heavy atom. The molecule has 0 radical (unpaired) electrons. The Labute approximate surface area is 153 Å². The standard InChI is InChI=1S/C22H23NO3/c1-2-16-13-15(11-12-25-16)23-22(24)26-14-21-19-9-5-3-7-17(19)18-8-4-6-10-20(18)21/h2-10,15-16,21H,1,11-14H2,(H,23,24)/t15-,16+/m0/s1. The van der Waals surface area contributed by atoms with Crippen molar-refractivity contribution in [1.29, 1.82) is 0 Å². The van der Waals surface area contributed by atoms with Gasteiger partial charge in [-0.05, 0) is 35.1 Å². The predicted molar refractivity (Wildman–Crippen MR) is 101 cm³/mol. The van der Waals surface area contributed by atoms with E-state index in [0.717, 1.165) is 12.8 Å². The Hall–Kier alpha value is -2.59. The van der Waals surface area contributed by atoms with Gasteiger partial charge in [0.25, 0.3) is 0 Å². The maximum atomic E-state index is 12.3. The van der Waals surface area contributed by atoms with E-state index in [1.165, 1.54) is 22.3 Å². The van der Waals surface area contributed by atoms with Gasteiger partial charge in [-0.3, -0.25) is 0 Å². The third-order valence-electron chi connectivity index (χ3n) is 5.24. The van der Waals surface area contributed by atoms with Crippen LogP contribution >= 0.6 is 0 Å². The number of carbonyl (C=O) groups is 1. The van der Waals surface area contributed by atoms with Gasteiger partial charge in [0.15, 0.2) is 0 Å². The molecule has 1 amide bonds. The molecule has 1 fully saturated rings. The highest BCUT2D eigenvalue weighted by molar-refractivity contribution is 5.79. The number of nitrogens with one attached hydrogen (secondary N) is 1. The largest absolute Gasteiger partial charge is 0.449 e. The monoisotopic (exact) mass is 349 g/mol. The molecule has 0 saturated carbocycles. The highest BCUT2D eigenvalue weighted by Gasteiger charge is 2.29. The van der Waals surface area contributed by atoms with Crippen LogP contribution in [0.25, 0.3) is 11.1 Å². The minimum Gasteiger partial charge on any atom is -0.449 e. The summed E-state index contributed by atoms with van der Waals surface area (Å²) in [6.45, 7) is 4.73. The molecule has 4 heteroatoms. The Kier molecular flexibility index (Phi) is 4.76. The molecule has 1 aliphatic heterocycles. The van der Waals surface area contributed by atoms with E-state index in [-0.39, 0.29) is 24.2 Å². The fraction of sp³-hybridized carbons (Fsp3) is 0.318. The number of carbonyl (C=O) groups excluding carboxylic acids is 1. The van der Waals surface area contributed by atoms with Crippen LogP contribution in [0.15, 0.2) is 61.2 Å². The number of alkyl carbamates (subject to hydrolysis) is 1. The minimum atomic E-state index is -0.360. The van der Waals surface area contributed by atoms with Crippen molar-refractivity contribution in [3.63, 3.8) is 0 Å². The summed E-state index contributed by atoms with van der Waals surface area (Å²) in [6.07, 6.45) is 2.97. The van der Waals surface area contributed by atoms with E-state index < -0.39 is 0 Å². The maximum absolute atomic E-state index is 12.3. The van der Waals surface area contributed by atoms with Gasteiger partial charge in [-0.15, -0.1) is 6.58 Å². The molecule has 26 heavy (non-hydrogen) atoms. The van der Waals surface area contributed by atoms with E-state index in [2.05, 4.69) is 36.2 Å². The summed E-state index contributed by atoms with van der Waals surface area (Å²) in [4.78, 5) is 12.3. The zero-order valence-electron chi connectivity index (χ0n) is 14.7. The molecule has 0 spiro atoms. The van der Waals surface area contributed by atoms with Gasteiger partial charge in [0.05, 0.1) is 6.10 Å². The summed E-state index contributed by atoms with van der Waals surface area (Å²) in [5.41, 5.74) is 4.91. The molecular weight excluding hydrogens is 326 g/mol. The zero-order chi connectivity index (χ0) is 17.9. The molecule has 4 nitrogen and oxygen atoms in total. The van der Waals surface area contributed by atoms with Crippen molar-refractivity contribution < 1.29 is 14.3 Å². The van der Waals surface area contributed by atoms with Crippen LogP contribution in [0.5, 0.6) is 0 Å². The lowest BCUT2D eigenvalue weighted by Gasteiger charge is -2.28. The summed E-state index contributed by atoms with van der Waals surface area (Å²) in [5.74, 6) is 0.0868. The van der Waals surface area contributed by atoms with Crippen molar-refractivity contribution in [1.82, 2.24) is 5.32 Å². The number of rotatable bonds is 4. The minimum absolute atomic E-state index is 0.00244. The molecule has 1 N–H and O–H groups in total. The van der Waals surface area contributed by atoms with Crippen molar-refractivity contribution >= 4 is 6.09 Å². The van der Waals surface area contributed by atoms with Crippen molar-refractivity contribution in [3.05, 3.63) is 72.3 Å². The average molecular weight is 349 g/mol. The molecule has 1 saturated heterocycles. The molecule has 0 aromatic heterocycles. The number of hydrogen-bond acceptors (Lipinski definition) is 3. The Bertz CT molecular complexity index is 771. The Morgan fingerprint density at radius 3 is 2.46 bits per heavy atom. The van der Waals surface area contributed by atoms with E-state index in [0.29, 0.717) is 13.2 Å². The topological polar surface area (TPSA) is 47.6 Å². The first-order valence-electron chi connectivity index (χ1n) is 9.12. The second kappa shape index (κ2) is 7.34. The first-order chi connectivity index (χ1) is 12.8. The summed E-state index contributed by atoms with van der Waals surface area (Å²) >= 11 is 0. The van der Waals surface area contributed by atoms with Crippen LogP contribution in [0.1, 0.15) is 29.9 Å². The fourth-order valence-electron chi connectivity index (χ4n) is 3.93. The van der Waals surface area contributed by atoms with Gasteiger partial charge in [0, 0.05) is 18.6 Å². The normalized spacial score (nSPS) is 21.5. The molecule has 2 atom stereocenters. The number of benzene rings is 2. The third-order valence-corrected chi connectivity index (χ3v) is 5.24.